The van der Waals surface area contributed by atoms with Crippen LogP contribution in [-0.4, -0.2) is 14.7 Å². The summed E-state index contributed by atoms with van der Waals surface area (Å²) in [6, 6.07) is 5.02. The van der Waals surface area contributed by atoms with Crippen molar-refractivity contribution in [1.29, 1.82) is 0 Å². The van der Waals surface area contributed by atoms with Gasteiger partial charge < -0.3 is 5.32 Å². The molecular weight excluding hydrogens is 204 g/mol. The molecule has 0 radical (unpaired) electrons. The van der Waals surface area contributed by atoms with Crippen LogP contribution >= 0.6 is 0 Å². The molecule has 2 rings (SSSR count). The minimum atomic E-state index is -2.08. The molecule has 0 saturated carbocycles. The lowest BCUT2D eigenvalue weighted by Crippen LogP contribution is -2.03. The van der Waals surface area contributed by atoms with Crippen LogP contribution in [-0.2, 0) is 22.5 Å². The zero-order chi connectivity index (χ0) is 10.1. The van der Waals surface area contributed by atoms with E-state index in [1.54, 1.807) is 18.2 Å². The Kier molecular flexibility index (Phi) is 2.22. The average Bonchev–Trinajstić information content (AvgIpc) is 2.42. The molecule has 1 heterocycles. The monoisotopic (exact) mass is 212 g/mol. The lowest BCUT2D eigenvalue weighted by atomic mass is 10.1. The van der Waals surface area contributed by atoms with E-state index >= 15 is 0 Å². The van der Waals surface area contributed by atoms with Gasteiger partial charge in [-0.2, -0.15) is 0 Å². The smallest absolute Gasteiger partial charge is 0.259 e. The third-order valence-corrected chi connectivity index (χ3v) is 2.35. The largest absolute Gasteiger partial charge is 0.326 e. The van der Waals surface area contributed by atoms with E-state index in [1.807, 2.05) is 0 Å². The molecule has 6 heteroatoms. The first-order valence-corrected chi connectivity index (χ1v) is 5.06. The number of nitrogens with one attached hydrogen (secondary N) is 2. The number of fused-ring (bicyclic) bond motifs is 1. The van der Waals surface area contributed by atoms with Gasteiger partial charge in [0.05, 0.1) is 6.42 Å². The number of hydrogen-bond donors (Lipinski definition) is 3. The van der Waals surface area contributed by atoms with Crippen molar-refractivity contribution in [2.75, 3.05) is 10.0 Å². The molecule has 1 atom stereocenters. The van der Waals surface area contributed by atoms with E-state index in [0.717, 1.165) is 11.3 Å². The number of benzene rings is 1. The number of amides is 1. The standard InChI is InChI=1S/C8H8N2O3S/c11-8-4-5-3-6(10-14(12)13)1-2-7(5)9-8/h1-3,10H,4H2,(H,9,11)(H,12,13). The topological polar surface area (TPSA) is 78.4 Å². The van der Waals surface area contributed by atoms with Gasteiger partial charge >= 0.3 is 0 Å². The van der Waals surface area contributed by atoms with Gasteiger partial charge in [-0.05, 0) is 23.8 Å². The van der Waals surface area contributed by atoms with Crippen LogP contribution in [0.2, 0.25) is 0 Å². The minimum Gasteiger partial charge on any atom is -0.326 e. The number of rotatable bonds is 2. The van der Waals surface area contributed by atoms with Gasteiger partial charge in [-0.15, -0.1) is 0 Å². The van der Waals surface area contributed by atoms with Gasteiger partial charge in [0, 0.05) is 11.4 Å². The van der Waals surface area contributed by atoms with Crippen LogP contribution in [0.1, 0.15) is 5.56 Å². The van der Waals surface area contributed by atoms with E-state index in [2.05, 4.69) is 10.0 Å². The Labute approximate surface area is 82.9 Å². The Morgan fingerprint density at radius 1 is 1.50 bits per heavy atom. The van der Waals surface area contributed by atoms with Crippen molar-refractivity contribution in [2.45, 2.75) is 6.42 Å². The second-order valence-corrected chi connectivity index (χ2v) is 3.65. The Bertz CT molecular complexity index is 419. The summed E-state index contributed by atoms with van der Waals surface area (Å²) in [7, 11) is 0. The second kappa shape index (κ2) is 3.39. The van der Waals surface area contributed by atoms with Crippen LogP contribution in [0.5, 0.6) is 0 Å². The van der Waals surface area contributed by atoms with Crippen LogP contribution in [0.25, 0.3) is 0 Å². The molecule has 0 aromatic heterocycles. The molecule has 74 valence electrons. The lowest BCUT2D eigenvalue weighted by molar-refractivity contribution is -0.115. The summed E-state index contributed by atoms with van der Waals surface area (Å²) in [4.78, 5) is 11.0. The molecule has 0 saturated heterocycles. The van der Waals surface area contributed by atoms with Crippen molar-refractivity contribution in [3.05, 3.63) is 23.8 Å². The van der Waals surface area contributed by atoms with Gasteiger partial charge in [0.2, 0.25) is 5.91 Å². The Morgan fingerprint density at radius 3 is 3.00 bits per heavy atom. The van der Waals surface area contributed by atoms with E-state index in [9.17, 15) is 9.00 Å². The SMILES string of the molecule is O=C1Cc2cc(NS(=O)O)ccc2N1. The fourth-order valence-electron chi connectivity index (χ4n) is 1.39. The van der Waals surface area contributed by atoms with Crippen LogP contribution in [0.15, 0.2) is 18.2 Å². The summed E-state index contributed by atoms with van der Waals surface area (Å²) in [6.07, 6.45) is 0.322. The van der Waals surface area contributed by atoms with Crippen LogP contribution in [0, 0.1) is 0 Å². The third-order valence-electron chi connectivity index (χ3n) is 1.94. The molecule has 1 amide bonds. The number of anilines is 2. The second-order valence-electron chi connectivity index (χ2n) is 2.95. The van der Waals surface area contributed by atoms with Crippen molar-refractivity contribution in [3.8, 4) is 0 Å². The van der Waals surface area contributed by atoms with E-state index in [4.69, 9.17) is 4.55 Å². The molecule has 1 aromatic carbocycles. The fraction of sp³-hybridized carbons (Fsp3) is 0.125. The molecule has 0 fully saturated rings. The summed E-state index contributed by atoms with van der Waals surface area (Å²) >= 11 is -2.08. The maximum absolute atomic E-state index is 11.0. The zero-order valence-electron chi connectivity index (χ0n) is 7.11. The summed E-state index contributed by atoms with van der Waals surface area (Å²) in [5.74, 6) is -0.0535. The van der Waals surface area contributed by atoms with E-state index < -0.39 is 11.3 Å². The maximum Gasteiger partial charge on any atom is 0.259 e. The van der Waals surface area contributed by atoms with E-state index in [-0.39, 0.29) is 5.91 Å². The third kappa shape index (κ3) is 1.75. The lowest BCUT2D eigenvalue weighted by Gasteiger charge is -2.03. The Morgan fingerprint density at radius 2 is 2.29 bits per heavy atom. The van der Waals surface area contributed by atoms with Crippen molar-refractivity contribution in [2.24, 2.45) is 0 Å². The molecule has 0 spiro atoms. The molecule has 1 aliphatic rings. The van der Waals surface area contributed by atoms with Gasteiger partial charge in [0.15, 0.2) is 0 Å². The number of hydrogen-bond acceptors (Lipinski definition) is 2. The zero-order valence-corrected chi connectivity index (χ0v) is 7.93. The summed E-state index contributed by atoms with van der Waals surface area (Å²) in [5, 5.41) is 2.67. The van der Waals surface area contributed by atoms with Crippen molar-refractivity contribution in [1.82, 2.24) is 0 Å². The van der Waals surface area contributed by atoms with Crippen molar-refractivity contribution in [3.63, 3.8) is 0 Å². The average molecular weight is 212 g/mol. The summed E-state index contributed by atoms with van der Waals surface area (Å²) < 4.78 is 21.4. The molecule has 1 unspecified atom stereocenters. The summed E-state index contributed by atoms with van der Waals surface area (Å²) in [6.45, 7) is 0. The van der Waals surface area contributed by atoms with Gasteiger partial charge in [-0.1, -0.05) is 0 Å². The molecule has 14 heavy (non-hydrogen) atoms. The van der Waals surface area contributed by atoms with Crippen LogP contribution < -0.4 is 10.0 Å². The molecular formula is C8H8N2O3S. The van der Waals surface area contributed by atoms with Crippen molar-refractivity contribution < 1.29 is 13.6 Å². The molecule has 0 aliphatic carbocycles. The highest BCUT2D eigenvalue weighted by Crippen LogP contribution is 2.25. The predicted octanol–water partition coefficient (Wildman–Crippen LogP) is 0.730. The minimum absolute atomic E-state index is 0.0535. The van der Waals surface area contributed by atoms with Gasteiger partial charge in [-0.3, -0.25) is 14.1 Å². The highest BCUT2D eigenvalue weighted by molar-refractivity contribution is 7.80. The first-order chi connectivity index (χ1) is 6.65. The molecule has 1 aromatic rings. The fourth-order valence-corrected chi connectivity index (χ4v) is 1.72. The van der Waals surface area contributed by atoms with Crippen LogP contribution in [0.3, 0.4) is 0 Å². The summed E-state index contributed by atoms with van der Waals surface area (Å²) in [5.41, 5.74) is 2.14. The van der Waals surface area contributed by atoms with Gasteiger partial charge in [0.25, 0.3) is 11.3 Å². The van der Waals surface area contributed by atoms with Crippen molar-refractivity contribution >= 4 is 28.5 Å². The molecule has 1 aliphatic heterocycles. The van der Waals surface area contributed by atoms with Gasteiger partial charge in [-0.25, -0.2) is 4.21 Å². The quantitative estimate of drug-likeness (QED) is 0.632. The Balaban J connectivity index is 2.28. The normalized spacial score (nSPS) is 15.9. The van der Waals surface area contributed by atoms with Crippen LogP contribution in [0.4, 0.5) is 11.4 Å². The molecule has 0 bridgehead atoms. The predicted molar refractivity (Wildman–Crippen MR) is 53.2 cm³/mol. The van der Waals surface area contributed by atoms with E-state index in [1.165, 1.54) is 0 Å². The molecule has 5 nitrogen and oxygen atoms in total. The first-order valence-electron chi connectivity index (χ1n) is 3.95. The van der Waals surface area contributed by atoms with E-state index in [0.29, 0.717) is 12.1 Å². The highest BCUT2D eigenvalue weighted by atomic mass is 32.2. The number of carbonyl (C=O) groups is 1. The first kappa shape index (κ1) is 9.17. The number of carbonyl (C=O) groups excluding carboxylic acids is 1. The maximum atomic E-state index is 11.0. The molecule has 3 N–H and O–H groups in total. The Hall–Kier alpha value is -1.40. The highest BCUT2D eigenvalue weighted by Gasteiger charge is 2.17. The van der Waals surface area contributed by atoms with Gasteiger partial charge in [0.1, 0.15) is 0 Å².